The largest absolute Gasteiger partial charge is 0.394 e. The van der Waals surface area contributed by atoms with Crippen LogP contribution in [0.25, 0.3) is 0 Å². The molecule has 1 heterocycles. The SMILES string of the molecule is CCC(CO)(CO)N1CCC(Br)C1=O. The standard InChI is InChI=1S/C9H16BrNO3/c1-2-9(5-12,6-13)11-4-3-7(10)8(11)14/h7,12-13H,2-6H2,1H3. The number of aliphatic hydroxyl groups excluding tert-OH is 2. The lowest BCUT2D eigenvalue weighted by molar-refractivity contribution is -0.137. The second-order valence-corrected chi connectivity index (χ2v) is 4.75. The number of amides is 1. The molecule has 1 atom stereocenters. The number of likely N-dealkylation sites (tertiary alicyclic amines) is 1. The van der Waals surface area contributed by atoms with Gasteiger partial charge in [0.1, 0.15) is 0 Å². The highest BCUT2D eigenvalue weighted by Crippen LogP contribution is 2.28. The van der Waals surface area contributed by atoms with Gasteiger partial charge in [-0.25, -0.2) is 0 Å². The van der Waals surface area contributed by atoms with Crippen LogP contribution < -0.4 is 0 Å². The number of alkyl halides is 1. The van der Waals surface area contributed by atoms with Crippen LogP contribution >= 0.6 is 15.9 Å². The van der Waals surface area contributed by atoms with Gasteiger partial charge in [0.15, 0.2) is 0 Å². The summed E-state index contributed by atoms with van der Waals surface area (Å²) < 4.78 is 0. The van der Waals surface area contributed by atoms with Crippen LogP contribution in [0.3, 0.4) is 0 Å². The second-order valence-electron chi connectivity index (χ2n) is 3.64. The lowest BCUT2D eigenvalue weighted by Crippen LogP contribution is -2.55. The first-order valence-corrected chi connectivity index (χ1v) is 5.70. The normalized spacial score (nSPS) is 23.3. The molecule has 1 fully saturated rings. The van der Waals surface area contributed by atoms with E-state index in [9.17, 15) is 15.0 Å². The molecular weight excluding hydrogens is 250 g/mol. The van der Waals surface area contributed by atoms with Crippen LogP contribution in [-0.4, -0.2) is 51.1 Å². The van der Waals surface area contributed by atoms with Gasteiger partial charge in [-0.2, -0.15) is 0 Å². The van der Waals surface area contributed by atoms with Crippen LogP contribution in [0.1, 0.15) is 19.8 Å². The Kier molecular flexibility index (Phi) is 3.92. The minimum atomic E-state index is -0.778. The van der Waals surface area contributed by atoms with Crippen molar-refractivity contribution < 1.29 is 15.0 Å². The molecule has 82 valence electrons. The van der Waals surface area contributed by atoms with Gasteiger partial charge in [-0.1, -0.05) is 22.9 Å². The predicted molar refractivity (Wildman–Crippen MR) is 56.2 cm³/mol. The van der Waals surface area contributed by atoms with Crippen molar-refractivity contribution in [2.45, 2.75) is 30.1 Å². The minimum absolute atomic E-state index is 0.0325. The molecule has 1 saturated heterocycles. The van der Waals surface area contributed by atoms with Crippen LogP contribution in [0.4, 0.5) is 0 Å². The van der Waals surface area contributed by atoms with Crippen LogP contribution in [0, 0.1) is 0 Å². The number of halogens is 1. The molecule has 0 bridgehead atoms. The van der Waals surface area contributed by atoms with E-state index < -0.39 is 5.54 Å². The average Bonchev–Trinajstić information content (AvgIpc) is 2.54. The zero-order chi connectivity index (χ0) is 10.8. The molecule has 2 N–H and O–H groups in total. The van der Waals surface area contributed by atoms with E-state index in [4.69, 9.17) is 0 Å². The molecule has 0 spiro atoms. The lowest BCUT2D eigenvalue weighted by Gasteiger charge is -2.38. The van der Waals surface area contributed by atoms with Crippen molar-refractivity contribution in [3.8, 4) is 0 Å². The molecule has 14 heavy (non-hydrogen) atoms. The predicted octanol–water partition coefficient (Wildman–Crippen LogP) is 0.116. The first-order chi connectivity index (χ1) is 6.61. The van der Waals surface area contributed by atoms with Crippen LogP contribution in [-0.2, 0) is 4.79 Å². The fourth-order valence-corrected chi connectivity index (χ4v) is 2.20. The number of hydrogen-bond donors (Lipinski definition) is 2. The van der Waals surface area contributed by atoms with E-state index in [0.717, 1.165) is 6.42 Å². The van der Waals surface area contributed by atoms with E-state index in [1.165, 1.54) is 0 Å². The number of hydrogen-bond acceptors (Lipinski definition) is 3. The van der Waals surface area contributed by atoms with Crippen molar-refractivity contribution in [3.05, 3.63) is 0 Å². The Bertz CT molecular complexity index is 210. The molecule has 0 aromatic heterocycles. The van der Waals surface area contributed by atoms with Crippen molar-refractivity contribution in [2.75, 3.05) is 19.8 Å². The maximum Gasteiger partial charge on any atom is 0.237 e. The highest BCUT2D eigenvalue weighted by atomic mass is 79.9. The Morgan fingerprint density at radius 3 is 2.43 bits per heavy atom. The number of aliphatic hydroxyl groups is 2. The molecule has 0 aromatic carbocycles. The molecule has 1 amide bonds. The van der Waals surface area contributed by atoms with Gasteiger partial charge in [0.2, 0.25) is 5.91 Å². The Labute approximate surface area is 92.0 Å². The first kappa shape index (κ1) is 11.9. The average molecular weight is 266 g/mol. The van der Waals surface area contributed by atoms with Gasteiger partial charge in [0, 0.05) is 6.54 Å². The highest BCUT2D eigenvalue weighted by molar-refractivity contribution is 9.10. The third-order valence-corrected chi connectivity index (χ3v) is 3.81. The smallest absolute Gasteiger partial charge is 0.237 e. The molecule has 1 unspecified atom stereocenters. The molecule has 0 aliphatic carbocycles. The van der Waals surface area contributed by atoms with E-state index in [2.05, 4.69) is 15.9 Å². The fraction of sp³-hybridized carbons (Fsp3) is 0.889. The van der Waals surface area contributed by atoms with E-state index in [1.54, 1.807) is 4.90 Å². The maximum atomic E-state index is 11.7. The zero-order valence-corrected chi connectivity index (χ0v) is 9.83. The van der Waals surface area contributed by atoms with Crippen molar-refractivity contribution in [1.29, 1.82) is 0 Å². The number of rotatable bonds is 4. The van der Waals surface area contributed by atoms with Crippen molar-refractivity contribution in [3.63, 3.8) is 0 Å². The van der Waals surface area contributed by atoms with Gasteiger partial charge in [-0.15, -0.1) is 0 Å². The van der Waals surface area contributed by atoms with E-state index in [1.807, 2.05) is 6.92 Å². The molecule has 1 rings (SSSR count). The third-order valence-electron chi connectivity index (χ3n) is 2.96. The monoisotopic (exact) mass is 265 g/mol. The Balaban J connectivity index is 2.84. The van der Waals surface area contributed by atoms with E-state index in [-0.39, 0.29) is 23.9 Å². The first-order valence-electron chi connectivity index (χ1n) is 4.78. The summed E-state index contributed by atoms with van der Waals surface area (Å²) in [5.41, 5.74) is -0.778. The topological polar surface area (TPSA) is 60.8 Å². The van der Waals surface area contributed by atoms with Crippen molar-refractivity contribution in [1.82, 2.24) is 4.90 Å². The van der Waals surface area contributed by atoms with Crippen LogP contribution in [0.5, 0.6) is 0 Å². The summed E-state index contributed by atoms with van der Waals surface area (Å²) in [7, 11) is 0. The molecule has 1 aliphatic heterocycles. The minimum Gasteiger partial charge on any atom is -0.394 e. The highest BCUT2D eigenvalue weighted by Gasteiger charge is 2.42. The van der Waals surface area contributed by atoms with E-state index in [0.29, 0.717) is 13.0 Å². The molecule has 0 radical (unpaired) electrons. The molecule has 0 aromatic rings. The molecular formula is C9H16BrNO3. The van der Waals surface area contributed by atoms with Gasteiger partial charge < -0.3 is 15.1 Å². The molecule has 0 saturated carbocycles. The third kappa shape index (κ3) is 1.81. The maximum absolute atomic E-state index is 11.7. The van der Waals surface area contributed by atoms with Gasteiger partial charge in [0.05, 0.1) is 23.6 Å². The van der Waals surface area contributed by atoms with Gasteiger partial charge in [-0.3, -0.25) is 4.79 Å². The van der Waals surface area contributed by atoms with Crippen molar-refractivity contribution in [2.24, 2.45) is 0 Å². The molecule has 5 heteroatoms. The zero-order valence-electron chi connectivity index (χ0n) is 8.24. The van der Waals surface area contributed by atoms with Crippen LogP contribution in [0.2, 0.25) is 0 Å². The van der Waals surface area contributed by atoms with Crippen molar-refractivity contribution >= 4 is 21.8 Å². The van der Waals surface area contributed by atoms with Gasteiger partial charge >= 0.3 is 0 Å². The quantitative estimate of drug-likeness (QED) is 0.710. The number of carbonyl (C=O) groups excluding carboxylic acids is 1. The molecule has 1 aliphatic rings. The van der Waals surface area contributed by atoms with Gasteiger partial charge in [0.25, 0.3) is 0 Å². The van der Waals surface area contributed by atoms with E-state index >= 15 is 0 Å². The summed E-state index contributed by atoms with van der Waals surface area (Å²) in [4.78, 5) is 13.1. The number of nitrogens with zero attached hydrogens (tertiary/aromatic N) is 1. The lowest BCUT2D eigenvalue weighted by atomic mass is 9.96. The fourth-order valence-electron chi connectivity index (χ4n) is 1.75. The summed E-state index contributed by atoms with van der Waals surface area (Å²) in [5.74, 6) is -0.0325. The van der Waals surface area contributed by atoms with Crippen LogP contribution in [0.15, 0.2) is 0 Å². The summed E-state index contributed by atoms with van der Waals surface area (Å²) in [6, 6.07) is 0. The summed E-state index contributed by atoms with van der Waals surface area (Å²) in [5, 5.41) is 18.5. The van der Waals surface area contributed by atoms with Gasteiger partial charge in [-0.05, 0) is 12.8 Å². The summed E-state index contributed by atoms with van der Waals surface area (Å²) in [6.45, 7) is 2.09. The second kappa shape index (κ2) is 4.59. The Morgan fingerprint density at radius 1 is 1.57 bits per heavy atom. The number of carbonyl (C=O) groups is 1. The molecule has 4 nitrogen and oxygen atoms in total. The Hall–Kier alpha value is -0.130. The summed E-state index contributed by atoms with van der Waals surface area (Å²) in [6.07, 6.45) is 1.30. The summed E-state index contributed by atoms with van der Waals surface area (Å²) >= 11 is 3.27. The Morgan fingerprint density at radius 2 is 2.14 bits per heavy atom.